The molecule has 5 nitrogen and oxygen atoms in total. The van der Waals surface area contributed by atoms with E-state index in [9.17, 15) is 13.2 Å². The van der Waals surface area contributed by atoms with Crippen LogP contribution < -0.4 is 4.90 Å². The smallest absolute Gasteiger partial charge is 0.152 e. The maximum atomic E-state index is 12.5. The lowest BCUT2D eigenvalue weighted by atomic mass is 9.96. The second kappa shape index (κ2) is 10.8. The van der Waals surface area contributed by atoms with Crippen LogP contribution in [-0.2, 0) is 25.8 Å². The highest BCUT2D eigenvalue weighted by atomic mass is 32.2. The standard InChI is InChI=1S/C24H39NO4S/c1-17(2)30(27,28)11-9-7-8-10-23(26)14-22-12-19(4)24(13-18(22)3)25-15-20(5)29-21(6)16-25/h12-13,17,20-21H,7-11,14-16H2,1-6H3/t20-,21+. The van der Waals surface area contributed by atoms with E-state index in [-0.39, 0.29) is 29.0 Å². The van der Waals surface area contributed by atoms with Gasteiger partial charge in [0, 0.05) is 31.6 Å². The van der Waals surface area contributed by atoms with Gasteiger partial charge in [0.05, 0.1) is 23.2 Å². The van der Waals surface area contributed by atoms with Crippen LogP contribution in [0, 0.1) is 13.8 Å². The van der Waals surface area contributed by atoms with Crippen molar-refractivity contribution in [1.82, 2.24) is 0 Å². The first-order chi connectivity index (χ1) is 14.0. The second-order valence-corrected chi connectivity index (χ2v) is 11.8. The van der Waals surface area contributed by atoms with E-state index in [1.54, 1.807) is 13.8 Å². The van der Waals surface area contributed by atoms with Gasteiger partial charge < -0.3 is 9.64 Å². The predicted octanol–water partition coefficient (Wildman–Crippen LogP) is 4.41. The Morgan fingerprint density at radius 3 is 2.30 bits per heavy atom. The minimum absolute atomic E-state index is 0.213. The van der Waals surface area contributed by atoms with Gasteiger partial charge in [-0.15, -0.1) is 0 Å². The molecule has 170 valence electrons. The first-order valence-corrected chi connectivity index (χ1v) is 12.9. The molecule has 0 spiro atoms. The fourth-order valence-electron chi connectivity index (χ4n) is 4.11. The average Bonchev–Trinajstić information content (AvgIpc) is 2.63. The average molecular weight is 438 g/mol. The molecule has 1 fully saturated rings. The summed E-state index contributed by atoms with van der Waals surface area (Å²) in [6.07, 6.45) is 3.56. The number of hydrogen-bond acceptors (Lipinski definition) is 5. The van der Waals surface area contributed by atoms with E-state index in [0.29, 0.717) is 19.3 Å². The molecule has 1 saturated heterocycles. The van der Waals surface area contributed by atoms with E-state index in [2.05, 4.69) is 44.7 Å². The van der Waals surface area contributed by atoms with Gasteiger partial charge in [-0.2, -0.15) is 0 Å². The molecule has 1 aromatic rings. The highest BCUT2D eigenvalue weighted by Gasteiger charge is 2.24. The Hall–Kier alpha value is -1.40. The predicted molar refractivity (Wildman–Crippen MR) is 124 cm³/mol. The zero-order chi connectivity index (χ0) is 22.5. The Labute approximate surface area is 183 Å². The third kappa shape index (κ3) is 7.09. The van der Waals surface area contributed by atoms with Crippen molar-refractivity contribution in [2.75, 3.05) is 23.7 Å². The van der Waals surface area contributed by atoms with Crippen LogP contribution in [0.15, 0.2) is 12.1 Å². The highest BCUT2D eigenvalue weighted by Crippen LogP contribution is 2.28. The number of ketones is 1. The maximum Gasteiger partial charge on any atom is 0.152 e. The minimum Gasteiger partial charge on any atom is -0.372 e. The molecule has 0 aromatic heterocycles. The fraction of sp³-hybridized carbons (Fsp3) is 0.708. The van der Waals surface area contributed by atoms with Gasteiger partial charge in [0.2, 0.25) is 0 Å². The lowest BCUT2D eigenvalue weighted by Crippen LogP contribution is -2.45. The number of benzene rings is 1. The number of carbonyl (C=O) groups excluding carboxylic acids is 1. The van der Waals surface area contributed by atoms with Crippen LogP contribution in [0.1, 0.15) is 70.1 Å². The third-order valence-electron chi connectivity index (χ3n) is 5.91. The number of sulfone groups is 1. The SMILES string of the molecule is Cc1cc(N2C[C@@H](C)O[C@@H](C)C2)c(C)cc1CC(=O)CCCCCS(=O)(=O)C(C)C. The van der Waals surface area contributed by atoms with Gasteiger partial charge in [0.15, 0.2) is 9.84 Å². The second-order valence-electron chi connectivity index (χ2n) is 9.17. The quantitative estimate of drug-likeness (QED) is 0.507. The van der Waals surface area contributed by atoms with E-state index in [1.165, 1.54) is 11.3 Å². The molecule has 1 heterocycles. The van der Waals surface area contributed by atoms with Crippen molar-refractivity contribution in [3.8, 4) is 0 Å². The van der Waals surface area contributed by atoms with Crippen LogP contribution in [0.2, 0.25) is 0 Å². The molecule has 6 heteroatoms. The van der Waals surface area contributed by atoms with E-state index in [0.717, 1.165) is 37.1 Å². The Balaban J connectivity index is 1.88. The van der Waals surface area contributed by atoms with Crippen molar-refractivity contribution >= 4 is 21.3 Å². The fourth-order valence-corrected chi connectivity index (χ4v) is 5.18. The summed E-state index contributed by atoms with van der Waals surface area (Å²) in [5.41, 5.74) is 4.68. The van der Waals surface area contributed by atoms with Gasteiger partial charge in [-0.05, 0) is 77.1 Å². The molecule has 0 aliphatic carbocycles. The number of hydrogen-bond donors (Lipinski definition) is 0. The molecule has 0 bridgehead atoms. The Bertz CT molecular complexity index is 822. The van der Waals surface area contributed by atoms with E-state index >= 15 is 0 Å². The summed E-state index contributed by atoms with van der Waals surface area (Å²) >= 11 is 0. The van der Waals surface area contributed by atoms with Crippen molar-refractivity contribution in [3.05, 3.63) is 28.8 Å². The Kier molecular flexibility index (Phi) is 8.92. The zero-order valence-corrected chi connectivity index (χ0v) is 20.3. The number of unbranched alkanes of at least 4 members (excludes halogenated alkanes) is 2. The Morgan fingerprint density at radius 2 is 1.70 bits per heavy atom. The molecule has 0 radical (unpaired) electrons. The lowest BCUT2D eigenvalue weighted by molar-refractivity contribution is -0.118. The molecule has 0 saturated carbocycles. The van der Waals surface area contributed by atoms with Gasteiger partial charge in [0.1, 0.15) is 5.78 Å². The Morgan fingerprint density at radius 1 is 1.07 bits per heavy atom. The molecule has 1 aromatic carbocycles. The van der Waals surface area contributed by atoms with Crippen LogP contribution >= 0.6 is 0 Å². The number of ether oxygens (including phenoxy) is 1. The summed E-state index contributed by atoms with van der Waals surface area (Å²) in [6, 6.07) is 4.36. The zero-order valence-electron chi connectivity index (χ0n) is 19.5. The number of aryl methyl sites for hydroxylation is 2. The molecule has 30 heavy (non-hydrogen) atoms. The molecule has 1 aliphatic heterocycles. The van der Waals surface area contributed by atoms with Crippen LogP contribution in [0.3, 0.4) is 0 Å². The molecule has 2 rings (SSSR count). The van der Waals surface area contributed by atoms with Crippen molar-refractivity contribution in [2.24, 2.45) is 0 Å². The molecule has 1 aliphatic rings. The summed E-state index contributed by atoms with van der Waals surface area (Å²) in [6.45, 7) is 13.6. The van der Waals surface area contributed by atoms with Crippen LogP contribution in [-0.4, -0.2) is 50.5 Å². The normalized spacial score (nSPS) is 20.0. The van der Waals surface area contributed by atoms with Gasteiger partial charge in [-0.1, -0.05) is 12.5 Å². The van der Waals surface area contributed by atoms with Crippen molar-refractivity contribution in [2.45, 2.75) is 91.1 Å². The highest BCUT2D eigenvalue weighted by molar-refractivity contribution is 7.91. The number of Topliss-reactive ketones (excluding diaryl/α,β-unsaturated/α-hetero) is 1. The molecule has 2 atom stereocenters. The van der Waals surface area contributed by atoms with Gasteiger partial charge >= 0.3 is 0 Å². The molecule has 0 amide bonds. The lowest BCUT2D eigenvalue weighted by Gasteiger charge is -2.38. The van der Waals surface area contributed by atoms with Gasteiger partial charge in [-0.3, -0.25) is 4.79 Å². The first kappa shape index (κ1) is 24.9. The summed E-state index contributed by atoms with van der Waals surface area (Å²) in [5.74, 6) is 0.447. The van der Waals surface area contributed by atoms with Crippen LogP contribution in [0.4, 0.5) is 5.69 Å². The summed E-state index contributed by atoms with van der Waals surface area (Å²) in [5, 5.41) is -0.322. The molecule has 0 N–H and O–H groups in total. The number of anilines is 1. The minimum atomic E-state index is -2.98. The number of carbonyl (C=O) groups is 1. The van der Waals surface area contributed by atoms with Crippen LogP contribution in [0.5, 0.6) is 0 Å². The topological polar surface area (TPSA) is 63.7 Å². The van der Waals surface area contributed by atoms with E-state index < -0.39 is 9.84 Å². The molecular weight excluding hydrogens is 398 g/mol. The largest absolute Gasteiger partial charge is 0.372 e. The van der Waals surface area contributed by atoms with Crippen molar-refractivity contribution in [1.29, 1.82) is 0 Å². The van der Waals surface area contributed by atoms with Crippen molar-refractivity contribution in [3.63, 3.8) is 0 Å². The number of rotatable bonds is 10. The van der Waals surface area contributed by atoms with E-state index in [1.807, 2.05) is 0 Å². The van der Waals surface area contributed by atoms with E-state index in [4.69, 9.17) is 4.74 Å². The number of nitrogens with zero attached hydrogens (tertiary/aromatic N) is 1. The molecule has 0 unspecified atom stereocenters. The van der Waals surface area contributed by atoms with Crippen LogP contribution in [0.25, 0.3) is 0 Å². The third-order valence-corrected chi connectivity index (χ3v) is 8.20. The van der Waals surface area contributed by atoms with Gasteiger partial charge in [-0.25, -0.2) is 8.42 Å². The summed E-state index contributed by atoms with van der Waals surface area (Å²) in [7, 11) is -2.98. The first-order valence-electron chi connectivity index (χ1n) is 11.2. The summed E-state index contributed by atoms with van der Waals surface area (Å²) < 4.78 is 29.5. The molecular formula is C24H39NO4S. The monoisotopic (exact) mass is 437 g/mol. The summed E-state index contributed by atoms with van der Waals surface area (Å²) in [4.78, 5) is 14.9. The maximum absolute atomic E-state index is 12.5. The number of morpholine rings is 1. The van der Waals surface area contributed by atoms with Gasteiger partial charge in [0.25, 0.3) is 0 Å². The van der Waals surface area contributed by atoms with Crippen molar-refractivity contribution < 1.29 is 17.9 Å².